The highest BCUT2D eigenvalue weighted by Crippen LogP contribution is 2.40. The monoisotopic (exact) mass is 280 g/mol. The van der Waals surface area contributed by atoms with Gasteiger partial charge in [0.2, 0.25) is 5.88 Å². The lowest BCUT2D eigenvalue weighted by Gasteiger charge is -2.14. The molecule has 0 bridgehead atoms. The molecule has 3 N–H and O–H groups in total. The Morgan fingerprint density at radius 3 is 2.75 bits per heavy atom. The second kappa shape index (κ2) is 7.28. The van der Waals surface area contributed by atoms with Crippen LogP contribution in [0, 0.1) is 0 Å². The highest BCUT2D eigenvalue weighted by atomic mass is 16.5. The van der Waals surface area contributed by atoms with Gasteiger partial charge in [0.1, 0.15) is 18.1 Å². The van der Waals surface area contributed by atoms with E-state index in [1.807, 2.05) is 0 Å². The first-order valence-corrected chi connectivity index (χ1v) is 7.29. The van der Waals surface area contributed by atoms with Crippen molar-refractivity contribution in [3.8, 4) is 5.88 Å². The molecule has 6 nitrogen and oxygen atoms in total. The van der Waals surface area contributed by atoms with E-state index in [-0.39, 0.29) is 0 Å². The standard InChI is InChI=1S/C14H24N4O2/c1-3-4-7-16-13-11(15)14(20-9-8-19-2)18-12(17-13)10-5-6-10/h10H,3-9,15H2,1-2H3,(H,16,17,18). The van der Waals surface area contributed by atoms with Gasteiger partial charge in [-0.2, -0.15) is 4.98 Å². The molecular weight excluding hydrogens is 256 g/mol. The van der Waals surface area contributed by atoms with Gasteiger partial charge in [-0.15, -0.1) is 0 Å². The van der Waals surface area contributed by atoms with Crippen LogP contribution in [0.2, 0.25) is 0 Å². The van der Waals surface area contributed by atoms with Crippen molar-refractivity contribution in [1.29, 1.82) is 0 Å². The summed E-state index contributed by atoms with van der Waals surface area (Å²) in [7, 11) is 1.64. The number of rotatable bonds is 9. The van der Waals surface area contributed by atoms with Gasteiger partial charge in [0, 0.05) is 19.6 Å². The van der Waals surface area contributed by atoms with E-state index < -0.39 is 0 Å². The van der Waals surface area contributed by atoms with E-state index in [1.165, 1.54) is 0 Å². The highest BCUT2D eigenvalue weighted by Gasteiger charge is 2.28. The largest absolute Gasteiger partial charge is 0.474 e. The second-order valence-corrected chi connectivity index (χ2v) is 5.05. The molecule has 2 rings (SSSR count). The molecule has 1 aromatic heterocycles. The van der Waals surface area contributed by atoms with E-state index in [4.69, 9.17) is 15.2 Å². The van der Waals surface area contributed by atoms with E-state index in [9.17, 15) is 0 Å². The summed E-state index contributed by atoms with van der Waals surface area (Å²) in [4.78, 5) is 8.98. The van der Waals surface area contributed by atoms with E-state index in [2.05, 4.69) is 22.2 Å². The second-order valence-electron chi connectivity index (χ2n) is 5.05. The van der Waals surface area contributed by atoms with Crippen molar-refractivity contribution in [1.82, 2.24) is 9.97 Å². The lowest BCUT2D eigenvalue weighted by atomic mass is 10.3. The number of hydrogen-bond donors (Lipinski definition) is 2. The number of hydrogen-bond acceptors (Lipinski definition) is 6. The Morgan fingerprint density at radius 2 is 2.10 bits per heavy atom. The van der Waals surface area contributed by atoms with Crippen LogP contribution in [0.15, 0.2) is 0 Å². The smallest absolute Gasteiger partial charge is 0.242 e. The summed E-state index contributed by atoms with van der Waals surface area (Å²) in [5.41, 5.74) is 6.57. The average molecular weight is 280 g/mol. The number of ether oxygens (including phenoxy) is 2. The molecule has 0 aliphatic heterocycles. The molecule has 0 saturated heterocycles. The summed E-state index contributed by atoms with van der Waals surface area (Å²) >= 11 is 0. The van der Waals surface area contributed by atoms with Gasteiger partial charge in [-0.05, 0) is 19.3 Å². The number of nitrogens with one attached hydrogen (secondary N) is 1. The van der Waals surface area contributed by atoms with Crippen molar-refractivity contribution in [2.75, 3.05) is 37.9 Å². The number of aromatic nitrogens is 2. The Morgan fingerprint density at radius 1 is 1.30 bits per heavy atom. The molecule has 112 valence electrons. The van der Waals surface area contributed by atoms with Crippen LogP contribution >= 0.6 is 0 Å². The van der Waals surface area contributed by atoms with Crippen LogP contribution < -0.4 is 15.8 Å². The van der Waals surface area contributed by atoms with Crippen molar-refractivity contribution >= 4 is 11.5 Å². The molecule has 1 aromatic rings. The highest BCUT2D eigenvalue weighted by molar-refractivity contribution is 5.67. The maximum Gasteiger partial charge on any atom is 0.242 e. The zero-order chi connectivity index (χ0) is 14.4. The minimum Gasteiger partial charge on any atom is -0.474 e. The minimum absolute atomic E-state index is 0.441. The fraction of sp³-hybridized carbons (Fsp3) is 0.714. The van der Waals surface area contributed by atoms with Gasteiger partial charge in [0.25, 0.3) is 0 Å². The molecule has 0 radical (unpaired) electrons. The quantitative estimate of drug-likeness (QED) is 0.675. The van der Waals surface area contributed by atoms with Gasteiger partial charge in [-0.1, -0.05) is 13.3 Å². The van der Waals surface area contributed by atoms with Crippen molar-refractivity contribution < 1.29 is 9.47 Å². The SMILES string of the molecule is CCCCNc1nc(C2CC2)nc(OCCOC)c1N. The first-order valence-electron chi connectivity index (χ1n) is 7.29. The zero-order valence-electron chi connectivity index (χ0n) is 12.3. The average Bonchev–Trinajstić information content (AvgIpc) is 3.27. The molecule has 6 heteroatoms. The van der Waals surface area contributed by atoms with Crippen LogP contribution in [0.25, 0.3) is 0 Å². The van der Waals surface area contributed by atoms with Crippen molar-refractivity contribution in [2.45, 2.75) is 38.5 Å². The number of nitrogens with two attached hydrogens (primary N) is 1. The fourth-order valence-electron chi connectivity index (χ4n) is 1.84. The fourth-order valence-corrected chi connectivity index (χ4v) is 1.84. The third-order valence-electron chi connectivity index (χ3n) is 3.22. The Balaban J connectivity index is 2.11. The first-order chi connectivity index (χ1) is 9.76. The maximum absolute atomic E-state index is 6.08. The minimum atomic E-state index is 0.441. The molecular formula is C14H24N4O2. The van der Waals surface area contributed by atoms with Crippen LogP contribution in [-0.2, 0) is 4.74 Å². The summed E-state index contributed by atoms with van der Waals surface area (Å²) in [5, 5.41) is 3.28. The molecule has 20 heavy (non-hydrogen) atoms. The number of nitrogens with zero attached hydrogens (tertiary/aromatic N) is 2. The zero-order valence-corrected chi connectivity index (χ0v) is 12.3. The summed E-state index contributed by atoms with van der Waals surface area (Å²) in [6.07, 6.45) is 4.51. The third kappa shape index (κ3) is 3.96. The molecule has 1 heterocycles. The molecule has 0 aromatic carbocycles. The van der Waals surface area contributed by atoms with E-state index in [0.717, 1.165) is 38.1 Å². The molecule has 0 unspecified atom stereocenters. The molecule has 1 aliphatic rings. The van der Waals surface area contributed by atoms with Crippen molar-refractivity contribution in [2.24, 2.45) is 0 Å². The number of nitrogen functional groups attached to an aromatic ring is 1. The third-order valence-corrected chi connectivity index (χ3v) is 3.22. The van der Waals surface area contributed by atoms with Gasteiger partial charge < -0.3 is 20.5 Å². The Hall–Kier alpha value is -1.56. The van der Waals surface area contributed by atoms with Crippen LogP contribution in [0.3, 0.4) is 0 Å². The topological polar surface area (TPSA) is 82.3 Å². The Bertz CT molecular complexity index is 404. The Labute approximate surface area is 120 Å². The van der Waals surface area contributed by atoms with Gasteiger partial charge in [-0.3, -0.25) is 0 Å². The lowest BCUT2D eigenvalue weighted by Crippen LogP contribution is -2.13. The molecule has 0 spiro atoms. The number of unbranched alkanes of at least 4 members (excludes halogenated alkanes) is 1. The number of anilines is 2. The molecule has 0 atom stereocenters. The lowest BCUT2D eigenvalue weighted by molar-refractivity contribution is 0.144. The first kappa shape index (κ1) is 14.8. The van der Waals surface area contributed by atoms with Crippen LogP contribution in [0.1, 0.15) is 44.3 Å². The van der Waals surface area contributed by atoms with Crippen molar-refractivity contribution in [3.05, 3.63) is 5.82 Å². The van der Waals surface area contributed by atoms with Crippen LogP contribution in [-0.4, -0.2) is 36.8 Å². The molecule has 1 fully saturated rings. The van der Waals surface area contributed by atoms with Crippen LogP contribution in [0.5, 0.6) is 5.88 Å². The Kier molecular flexibility index (Phi) is 5.40. The van der Waals surface area contributed by atoms with Crippen LogP contribution in [0.4, 0.5) is 11.5 Å². The van der Waals surface area contributed by atoms with E-state index >= 15 is 0 Å². The number of methoxy groups -OCH3 is 1. The summed E-state index contributed by atoms with van der Waals surface area (Å²) in [6.45, 7) is 3.97. The summed E-state index contributed by atoms with van der Waals surface area (Å²) < 4.78 is 10.6. The predicted molar refractivity (Wildman–Crippen MR) is 79.2 cm³/mol. The molecule has 1 saturated carbocycles. The van der Waals surface area contributed by atoms with Gasteiger partial charge >= 0.3 is 0 Å². The predicted octanol–water partition coefficient (Wildman–Crippen LogP) is 2.17. The molecule has 1 aliphatic carbocycles. The van der Waals surface area contributed by atoms with E-state index in [0.29, 0.717) is 36.5 Å². The van der Waals surface area contributed by atoms with E-state index in [1.54, 1.807) is 7.11 Å². The maximum atomic E-state index is 6.08. The normalized spacial score (nSPS) is 14.3. The summed E-state index contributed by atoms with van der Waals surface area (Å²) in [5.74, 6) is 2.47. The van der Waals surface area contributed by atoms with Gasteiger partial charge in [-0.25, -0.2) is 4.98 Å². The summed E-state index contributed by atoms with van der Waals surface area (Å²) in [6, 6.07) is 0. The molecule has 0 amide bonds. The van der Waals surface area contributed by atoms with Crippen molar-refractivity contribution in [3.63, 3.8) is 0 Å². The van der Waals surface area contributed by atoms with Gasteiger partial charge in [0.05, 0.1) is 6.61 Å². The van der Waals surface area contributed by atoms with Gasteiger partial charge in [0.15, 0.2) is 5.82 Å².